The second kappa shape index (κ2) is 11.2. The van der Waals surface area contributed by atoms with Crippen LogP contribution in [-0.2, 0) is 21.2 Å². The maximum Gasteiger partial charge on any atom is 0.270 e. The van der Waals surface area contributed by atoms with Crippen molar-refractivity contribution in [2.75, 3.05) is 18.0 Å². The molecular weight excluding hydrogens is 462 g/mol. The summed E-state index contributed by atoms with van der Waals surface area (Å²) in [5.41, 5.74) is 1.35. The lowest BCUT2D eigenvalue weighted by atomic mass is 10.2. The number of nitrogens with zero attached hydrogens (tertiary/aromatic N) is 1. The zero-order valence-electron chi connectivity index (χ0n) is 18.5. The first-order chi connectivity index (χ1) is 15.9. The van der Waals surface area contributed by atoms with Gasteiger partial charge in [0.1, 0.15) is 11.5 Å². The fraction of sp³-hybridized carbons (Fsp3) is 0.240. The van der Waals surface area contributed by atoms with Crippen LogP contribution >= 0.6 is 11.6 Å². The average molecular weight is 488 g/mol. The van der Waals surface area contributed by atoms with Gasteiger partial charge in [-0.1, -0.05) is 48.9 Å². The van der Waals surface area contributed by atoms with Gasteiger partial charge in [0.15, 0.2) is 0 Å². The molecule has 0 radical (unpaired) electrons. The van der Waals surface area contributed by atoms with Crippen LogP contribution in [0.1, 0.15) is 25.3 Å². The molecule has 0 saturated heterocycles. The SMILES string of the molecule is CCc1ccc(OCCCC(=O)N(c2ccc(OC)c(Cl)c2)S(=O)(=O)c2ccccc2)cc1. The number of rotatable bonds is 10. The van der Waals surface area contributed by atoms with E-state index in [1.165, 1.54) is 43.0 Å². The molecule has 0 fully saturated rings. The maximum absolute atomic E-state index is 13.4. The number of hydrogen-bond acceptors (Lipinski definition) is 5. The molecule has 0 atom stereocenters. The van der Waals surface area contributed by atoms with Crippen LogP contribution in [0, 0.1) is 0 Å². The van der Waals surface area contributed by atoms with Gasteiger partial charge in [0, 0.05) is 6.42 Å². The molecule has 3 rings (SSSR count). The average Bonchev–Trinajstić information content (AvgIpc) is 2.83. The Balaban J connectivity index is 1.78. The van der Waals surface area contributed by atoms with Crippen molar-refractivity contribution in [3.8, 4) is 11.5 Å². The van der Waals surface area contributed by atoms with Crippen LogP contribution < -0.4 is 13.8 Å². The predicted octanol–water partition coefficient (Wildman–Crippen LogP) is 5.49. The number of sulfonamides is 1. The highest BCUT2D eigenvalue weighted by molar-refractivity contribution is 7.93. The summed E-state index contributed by atoms with van der Waals surface area (Å²) >= 11 is 6.21. The van der Waals surface area contributed by atoms with Gasteiger partial charge in [0.2, 0.25) is 5.91 Å². The van der Waals surface area contributed by atoms with E-state index in [1.54, 1.807) is 18.2 Å². The van der Waals surface area contributed by atoms with Gasteiger partial charge in [-0.2, -0.15) is 0 Å². The quantitative estimate of drug-likeness (QED) is 0.353. The number of benzene rings is 3. The van der Waals surface area contributed by atoms with E-state index in [4.69, 9.17) is 21.1 Å². The Morgan fingerprint density at radius 1 is 1.00 bits per heavy atom. The number of methoxy groups -OCH3 is 1. The Hall–Kier alpha value is -3.03. The fourth-order valence-corrected chi connectivity index (χ4v) is 4.95. The topological polar surface area (TPSA) is 72.9 Å². The number of ether oxygens (including phenoxy) is 2. The lowest BCUT2D eigenvalue weighted by molar-refractivity contribution is -0.117. The van der Waals surface area contributed by atoms with Crippen molar-refractivity contribution in [2.24, 2.45) is 0 Å². The van der Waals surface area contributed by atoms with Crippen LogP contribution in [0.2, 0.25) is 5.02 Å². The minimum Gasteiger partial charge on any atom is -0.495 e. The van der Waals surface area contributed by atoms with E-state index < -0.39 is 15.9 Å². The molecule has 33 heavy (non-hydrogen) atoms. The summed E-state index contributed by atoms with van der Waals surface area (Å²) < 4.78 is 38.4. The van der Waals surface area contributed by atoms with Gasteiger partial charge in [0.05, 0.1) is 29.3 Å². The Morgan fingerprint density at radius 2 is 1.70 bits per heavy atom. The monoisotopic (exact) mass is 487 g/mol. The van der Waals surface area contributed by atoms with Crippen LogP contribution in [0.4, 0.5) is 5.69 Å². The number of halogens is 1. The second-order valence-corrected chi connectivity index (χ2v) is 9.44. The molecule has 6 nitrogen and oxygen atoms in total. The molecule has 0 aliphatic rings. The minimum atomic E-state index is -4.14. The summed E-state index contributed by atoms with van der Waals surface area (Å²) in [7, 11) is -2.68. The number of amides is 1. The van der Waals surface area contributed by atoms with Gasteiger partial charge >= 0.3 is 0 Å². The molecule has 174 valence electrons. The molecular formula is C25H26ClNO5S. The normalized spacial score (nSPS) is 11.1. The third kappa shape index (κ3) is 6.06. The molecule has 0 saturated carbocycles. The van der Waals surface area contributed by atoms with Crippen LogP contribution in [0.3, 0.4) is 0 Å². The molecule has 3 aromatic carbocycles. The number of anilines is 1. The van der Waals surface area contributed by atoms with Gasteiger partial charge in [0.25, 0.3) is 10.0 Å². The highest BCUT2D eigenvalue weighted by atomic mass is 35.5. The van der Waals surface area contributed by atoms with Crippen molar-refractivity contribution in [1.29, 1.82) is 0 Å². The van der Waals surface area contributed by atoms with E-state index in [0.29, 0.717) is 17.9 Å². The highest BCUT2D eigenvalue weighted by Gasteiger charge is 2.31. The van der Waals surface area contributed by atoms with Crippen LogP contribution in [0.15, 0.2) is 77.7 Å². The van der Waals surface area contributed by atoms with Gasteiger partial charge in [-0.3, -0.25) is 4.79 Å². The molecule has 0 bridgehead atoms. The van der Waals surface area contributed by atoms with Crippen LogP contribution in [0.25, 0.3) is 0 Å². The van der Waals surface area contributed by atoms with E-state index in [2.05, 4.69) is 6.92 Å². The molecule has 0 unspecified atom stereocenters. The summed E-state index contributed by atoms with van der Waals surface area (Å²) in [6.45, 7) is 2.35. The lowest BCUT2D eigenvalue weighted by Gasteiger charge is -2.23. The minimum absolute atomic E-state index is 0.0116. The zero-order chi connectivity index (χ0) is 23.8. The Labute approximate surface area is 199 Å². The van der Waals surface area contributed by atoms with Gasteiger partial charge in [-0.25, -0.2) is 12.7 Å². The van der Waals surface area contributed by atoms with E-state index in [0.717, 1.165) is 10.7 Å². The van der Waals surface area contributed by atoms with E-state index in [-0.39, 0.29) is 28.6 Å². The highest BCUT2D eigenvalue weighted by Crippen LogP contribution is 2.32. The third-order valence-corrected chi connectivity index (χ3v) is 7.07. The number of carbonyl (C=O) groups is 1. The fourth-order valence-electron chi connectivity index (χ4n) is 3.23. The van der Waals surface area contributed by atoms with Crippen molar-refractivity contribution in [2.45, 2.75) is 31.1 Å². The van der Waals surface area contributed by atoms with Crippen molar-refractivity contribution in [3.05, 3.63) is 83.4 Å². The Bertz CT molecular complexity index is 1180. The van der Waals surface area contributed by atoms with Crippen LogP contribution in [0.5, 0.6) is 11.5 Å². The molecule has 3 aromatic rings. The molecule has 0 aliphatic heterocycles. The lowest BCUT2D eigenvalue weighted by Crippen LogP contribution is -2.37. The predicted molar refractivity (Wildman–Crippen MR) is 130 cm³/mol. The van der Waals surface area contributed by atoms with Crippen molar-refractivity contribution < 1.29 is 22.7 Å². The summed E-state index contributed by atoms with van der Waals surface area (Å²) in [6.07, 6.45) is 1.26. The van der Waals surface area contributed by atoms with Crippen LogP contribution in [-0.4, -0.2) is 28.0 Å². The summed E-state index contributed by atoms with van der Waals surface area (Å²) in [4.78, 5) is 13.2. The smallest absolute Gasteiger partial charge is 0.270 e. The molecule has 0 aliphatic carbocycles. The Morgan fingerprint density at radius 3 is 2.30 bits per heavy atom. The standard InChI is InChI=1S/C25H26ClNO5S/c1-3-19-11-14-21(15-12-19)32-17-7-10-25(28)27(20-13-16-24(31-2)23(26)18-20)33(29,30)22-8-5-4-6-9-22/h4-6,8-9,11-16,18H,3,7,10,17H2,1-2H3. The van der Waals surface area contributed by atoms with E-state index >= 15 is 0 Å². The first-order valence-electron chi connectivity index (χ1n) is 10.5. The molecule has 8 heteroatoms. The van der Waals surface area contributed by atoms with E-state index in [1.807, 2.05) is 24.3 Å². The van der Waals surface area contributed by atoms with Gasteiger partial charge < -0.3 is 9.47 Å². The third-order valence-electron chi connectivity index (χ3n) is 5.01. The van der Waals surface area contributed by atoms with Crippen molar-refractivity contribution in [1.82, 2.24) is 0 Å². The van der Waals surface area contributed by atoms with Gasteiger partial charge in [-0.15, -0.1) is 0 Å². The summed E-state index contributed by atoms with van der Waals surface area (Å²) in [5, 5.41) is 0.204. The number of aryl methyl sites for hydroxylation is 1. The maximum atomic E-state index is 13.4. The molecule has 0 aromatic heterocycles. The largest absolute Gasteiger partial charge is 0.495 e. The summed E-state index contributed by atoms with van der Waals surface area (Å²) in [6, 6.07) is 20.0. The van der Waals surface area contributed by atoms with E-state index in [9.17, 15) is 13.2 Å². The summed E-state index contributed by atoms with van der Waals surface area (Å²) in [5.74, 6) is 0.507. The Kier molecular flexibility index (Phi) is 8.36. The van der Waals surface area contributed by atoms with Gasteiger partial charge in [-0.05, 0) is 60.9 Å². The zero-order valence-corrected chi connectivity index (χ0v) is 20.1. The first-order valence-corrected chi connectivity index (χ1v) is 12.4. The first kappa shape index (κ1) is 24.6. The molecule has 0 heterocycles. The molecule has 0 spiro atoms. The van der Waals surface area contributed by atoms with Crippen molar-refractivity contribution in [3.63, 3.8) is 0 Å². The second-order valence-electron chi connectivity index (χ2n) is 7.24. The van der Waals surface area contributed by atoms with Crippen molar-refractivity contribution >= 4 is 33.2 Å². The molecule has 0 N–H and O–H groups in total. The molecule has 1 amide bonds. The number of carbonyl (C=O) groups excluding carboxylic acids is 1. The number of hydrogen-bond donors (Lipinski definition) is 0.